The lowest BCUT2D eigenvalue weighted by Crippen LogP contribution is -2.46. The van der Waals surface area contributed by atoms with Gasteiger partial charge in [0.2, 0.25) is 15.9 Å². The Morgan fingerprint density at radius 1 is 1.32 bits per heavy atom. The fourth-order valence-electron chi connectivity index (χ4n) is 3.23. The van der Waals surface area contributed by atoms with Crippen LogP contribution in [0, 0.1) is 5.92 Å². The number of fused-ring (bicyclic) bond motifs is 1. The van der Waals surface area contributed by atoms with Gasteiger partial charge in [0.25, 0.3) is 0 Å². The number of hydrogen-bond acceptors (Lipinski definition) is 6. The molecular formula is C16H22N4O3S2. The van der Waals surface area contributed by atoms with Crippen molar-refractivity contribution in [2.24, 2.45) is 5.92 Å². The summed E-state index contributed by atoms with van der Waals surface area (Å²) in [5, 5.41) is 2.98. The highest BCUT2D eigenvalue weighted by atomic mass is 32.2. The molecule has 0 spiro atoms. The predicted octanol–water partition coefficient (Wildman–Crippen LogP) is 2.01. The first kappa shape index (κ1) is 18.2. The van der Waals surface area contributed by atoms with Gasteiger partial charge in [-0.05, 0) is 30.9 Å². The fraction of sp³-hybridized carbons (Fsp3) is 0.562. The zero-order valence-corrected chi connectivity index (χ0v) is 15.9. The topological polar surface area (TPSA) is 92.3 Å². The summed E-state index contributed by atoms with van der Waals surface area (Å²) in [5.41, 5.74) is 0.889. The third-order valence-corrected chi connectivity index (χ3v) is 7.14. The number of sulfonamides is 1. The van der Waals surface area contributed by atoms with Crippen molar-refractivity contribution in [1.82, 2.24) is 18.4 Å². The number of carbonyl (C=O) groups excluding carboxylic acids is 1. The number of amides is 1. The van der Waals surface area contributed by atoms with Crippen LogP contribution < -0.4 is 5.32 Å². The Hall–Kier alpha value is -1.58. The monoisotopic (exact) mass is 382 g/mol. The molecule has 7 nitrogen and oxygen atoms in total. The molecule has 1 aromatic carbocycles. The summed E-state index contributed by atoms with van der Waals surface area (Å²) in [4.78, 5) is 12.4. The van der Waals surface area contributed by atoms with Gasteiger partial charge in [0.05, 0.1) is 18.3 Å². The van der Waals surface area contributed by atoms with E-state index in [1.54, 1.807) is 12.1 Å². The molecule has 0 radical (unpaired) electrons. The Balaban J connectivity index is 1.72. The molecule has 9 heteroatoms. The summed E-state index contributed by atoms with van der Waals surface area (Å²) in [5.74, 6) is 0.155. The van der Waals surface area contributed by atoms with Gasteiger partial charge in [0, 0.05) is 13.1 Å². The van der Waals surface area contributed by atoms with E-state index < -0.39 is 10.0 Å². The maximum atomic E-state index is 12.8. The van der Waals surface area contributed by atoms with Gasteiger partial charge in [-0.25, -0.2) is 8.42 Å². The Labute approximate surface area is 151 Å². The lowest BCUT2D eigenvalue weighted by molar-refractivity contribution is -0.122. The Morgan fingerprint density at radius 3 is 2.84 bits per heavy atom. The minimum Gasteiger partial charge on any atom is -0.352 e. The highest BCUT2D eigenvalue weighted by Crippen LogP contribution is 2.25. The lowest BCUT2D eigenvalue weighted by atomic mass is 9.86. The second-order valence-corrected chi connectivity index (χ2v) is 9.13. The lowest BCUT2D eigenvalue weighted by Gasteiger charge is -2.30. The Bertz CT molecular complexity index is 865. The van der Waals surface area contributed by atoms with Crippen molar-refractivity contribution >= 4 is 38.7 Å². The normalized spacial score (nSPS) is 21.6. The number of aromatic nitrogens is 2. The van der Waals surface area contributed by atoms with Gasteiger partial charge in [-0.2, -0.15) is 13.1 Å². The third kappa shape index (κ3) is 3.83. The second kappa shape index (κ2) is 7.35. The molecule has 1 aliphatic rings. The van der Waals surface area contributed by atoms with Gasteiger partial charge in [-0.1, -0.05) is 25.8 Å². The average Bonchev–Trinajstić information content (AvgIpc) is 3.05. The first-order chi connectivity index (χ1) is 11.9. The molecule has 1 amide bonds. The second-order valence-electron chi connectivity index (χ2n) is 6.58. The van der Waals surface area contributed by atoms with Gasteiger partial charge < -0.3 is 5.32 Å². The Morgan fingerprint density at radius 2 is 2.08 bits per heavy atom. The van der Waals surface area contributed by atoms with Crippen molar-refractivity contribution in [3.63, 3.8) is 0 Å². The number of carbonyl (C=O) groups is 1. The minimum absolute atomic E-state index is 0.0834. The summed E-state index contributed by atoms with van der Waals surface area (Å²) < 4.78 is 34.9. The largest absolute Gasteiger partial charge is 0.352 e. The summed E-state index contributed by atoms with van der Waals surface area (Å²) in [7, 11) is -2.39. The van der Waals surface area contributed by atoms with Gasteiger partial charge in [-0.3, -0.25) is 4.79 Å². The molecule has 1 saturated carbocycles. The van der Waals surface area contributed by atoms with Crippen molar-refractivity contribution in [3.8, 4) is 0 Å². The molecular weight excluding hydrogens is 360 g/mol. The SMILES string of the molecule is C[C@H]1CCCC[C@H]1NC(=O)CN(C)S(=O)(=O)c1cccc2nsnc12. The molecule has 1 fully saturated rings. The van der Waals surface area contributed by atoms with Crippen LogP contribution in [0.25, 0.3) is 11.0 Å². The molecule has 2 aromatic rings. The van der Waals surface area contributed by atoms with Crippen LogP contribution in [0.2, 0.25) is 0 Å². The van der Waals surface area contributed by atoms with Crippen molar-refractivity contribution in [2.75, 3.05) is 13.6 Å². The highest BCUT2D eigenvalue weighted by Gasteiger charge is 2.28. The van der Waals surface area contributed by atoms with Crippen molar-refractivity contribution in [1.29, 1.82) is 0 Å². The number of likely N-dealkylation sites (N-methyl/N-ethyl adjacent to an activating group) is 1. The van der Waals surface area contributed by atoms with Crippen LogP contribution in [0.3, 0.4) is 0 Å². The summed E-state index contributed by atoms with van der Waals surface area (Å²) in [6.45, 7) is 1.92. The zero-order chi connectivity index (χ0) is 18.0. The van der Waals surface area contributed by atoms with Crippen LogP contribution >= 0.6 is 11.7 Å². The predicted molar refractivity (Wildman–Crippen MR) is 96.8 cm³/mol. The van der Waals surface area contributed by atoms with Gasteiger partial charge >= 0.3 is 0 Å². The molecule has 0 saturated heterocycles. The molecule has 3 rings (SSSR count). The van der Waals surface area contributed by atoms with E-state index in [2.05, 4.69) is 21.0 Å². The first-order valence-corrected chi connectivity index (χ1v) is 10.5. The van der Waals surface area contributed by atoms with Crippen LogP contribution in [0.1, 0.15) is 32.6 Å². The Kier molecular flexibility index (Phi) is 5.35. The zero-order valence-electron chi connectivity index (χ0n) is 14.3. The van der Waals surface area contributed by atoms with Crippen molar-refractivity contribution in [2.45, 2.75) is 43.5 Å². The van der Waals surface area contributed by atoms with Crippen LogP contribution in [0.15, 0.2) is 23.1 Å². The highest BCUT2D eigenvalue weighted by molar-refractivity contribution is 7.89. The van der Waals surface area contributed by atoms with Crippen LogP contribution in [-0.4, -0.2) is 47.0 Å². The third-order valence-electron chi connectivity index (χ3n) is 4.76. The van der Waals surface area contributed by atoms with Crippen LogP contribution in [0.5, 0.6) is 0 Å². The molecule has 0 aliphatic heterocycles. The molecule has 1 N–H and O–H groups in total. The molecule has 25 heavy (non-hydrogen) atoms. The summed E-state index contributed by atoms with van der Waals surface area (Å²) in [6.07, 6.45) is 4.33. The smallest absolute Gasteiger partial charge is 0.245 e. The van der Waals surface area contributed by atoms with Gasteiger partial charge in [-0.15, -0.1) is 0 Å². The molecule has 2 atom stereocenters. The van der Waals surface area contributed by atoms with Crippen molar-refractivity contribution in [3.05, 3.63) is 18.2 Å². The summed E-state index contributed by atoms with van der Waals surface area (Å²) >= 11 is 0.970. The molecule has 0 bridgehead atoms. The fourth-order valence-corrected chi connectivity index (χ4v) is 5.10. The van der Waals surface area contributed by atoms with E-state index in [9.17, 15) is 13.2 Å². The van der Waals surface area contributed by atoms with E-state index >= 15 is 0 Å². The van der Waals surface area contributed by atoms with E-state index in [4.69, 9.17) is 0 Å². The van der Waals surface area contributed by atoms with Crippen LogP contribution in [0.4, 0.5) is 0 Å². The van der Waals surface area contributed by atoms with E-state index in [1.807, 2.05) is 0 Å². The number of rotatable bonds is 5. The maximum Gasteiger partial charge on any atom is 0.245 e. The van der Waals surface area contributed by atoms with Crippen molar-refractivity contribution < 1.29 is 13.2 Å². The number of benzene rings is 1. The van der Waals surface area contributed by atoms with E-state index in [-0.39, 0.29) is 23.4 Å². The summed E-state index contributed by atoms with van der Waals surface area (Å²) in [6, 6.07) is 4.98. The van der Waals surface area contributed by atoms with E-state index in [0.29, 0.717) is 17.0 Å². The molecule has 1 aromatic heterocycles. The quantitative estimate of drug-likeness (QED) is 0.854. The number of nitrogens with one attached hydrogen (secondary N) is 1. The van der Waals surface area contributed by atoms with E-state index in [1.165, 1.54) is 19.5 Å². The van der Waals surface area contributed by atoms with Crippen LogP contribution in [-0.2, 0) is 14.8 Å². The minimum atomic E-state index is -3.81. The van der Waals surface area contributed by atoms with Gasteiger partial charge in [0.1, 0.15) is 15.9 Å². The number of nitrogens with zero attached hydrogens (tertiary/aromatic N) is 3. The average molecular weight is 383 g/mol. The number of hydrogen-bond donors (Lipinski definition) is 1. The molecule has 1 aliphatic carbocycles. The molecule has 0 unspecified atom stereocenters. The maximum absolute atomic E-state index is 12.8. The standard InChI is InChI=1S/C16H22N4O3S2/c1-11-6-3-4-7-12(11)17-15(21)10-20(2)25(22,23)14-9-5-8-13-16(14)19-24-18-13/h5,8-9,11-12H,3-4,6-7,10H2,1-2H3,(H,17,21)/t11-,12+/m0/s1. The van der Waals surface area contributed by atoms with Gasteiger partial charge in [0.15, 0.2) is 0 Å². The molecule has 1 heterocycles. The first-order valence-electron chi connectivity index (χ1n) is 8.36. The van der Waals surface area contributed by atoms with E-state index in [0.717, 1.165) is 35.3 Å². The molecule has 136 valence electrons.